The Bertz CT molecular complexity index is 308. The Morgan fingerprint density at radius 2 is 2.33 bits per heavy atom. The van der Waals surface area contributed by atoms with Crippen LogP contribution >= 0.6 is 0 Å². The number of hydrogen-bond acceptors (Lipinski definition) is 5. The Kier molecular flexibility index (Phi) is 1.56. The summed E-state index contributed by atoms with van der Waals surface area (Å²) in [7, 11) is 0. The van der Waals surface area contributed by atoms with Crippen LogP contribution in [-0.4, -0.2) is 4.98 Å². The second-order valence-electron chi connectivity index (χ2n) is 2.36. The quantitative estimate of drug-likeness (QED) is 0.542. The van der Waals surface area contributed by atoms with Crippen LogP contribution in [0.15, 0.2) is 30.6 Å². The molecule has 0 amide bonds. The highest BCUT2D eigenvalue weighted by Crippen LogP contribution is 2.11. The summed E-state index contributed by atoms with van der Waals surface area (Å²) in [5.41, 5.74) is 11.2. The van der Waals surface area contributed by atoms with Gasteiger partial charge in [-0.15, -0.1) is 5.53 Å². The first-order valence-corrected chi connectivity index (χ1v) is 3.56. The zero-order chi connectivity index (χ0) is 8.39. The van der Waals surface area contributed by atoms with E-state index in [1.54, 1.807) is 17.3 Å². The summed E-state index contributed by atoms with van der Waals surface area (Å²) in [5.74, 6) is 1.27. The van der Waals surface area contributed by atoms with E-state index in [-0.39, 0.29) is 0 Å². The van der Waals surface area contributed by atoms with Gasteiger partial charge in [0.15, 0.2) is 5.82 Å². The number of nitrogens with two attached hydrogens (primary N) is 1. The first kappa shape index (κ1) is 6.93. The molecule has 1 aromatic heterocycles. The number of pyridine rings is 1. The van der Waals surface area contributed by atoms with Crippen LogP contribution in [0.1, 0.15) is 0 Å². The highest BCUT2D eigenvalue weighted by molar-refractivity contribution is 5.46. The molecule has 0 aromatic carbocycles. The summed E-state index contributed by atoms with van der Waals surface area (Å²) >= 11 is 0. The average Bonchev–Trinajstić information content (AvgIpc) is 2.56. The van der Waals surface area contributed by atoms with Crippen molar-refractivity contribution in [1.29, 1.82) is 0 Å². The molecule has 0 bridgehead atoms. The predicted octanol–water partition coefficient (Wildman–Crippen LogP) is -0.0358. The van der Waals surface area contributed by atoms with Crippen molar-refractivity contribution >= 4 is 11.6 Å². The maximum Gasteiger partial charge on any atom is 0.150 e. The van der Waals surface area contributed by atoms with E-state index in [2.05, 4.69) is 15.9 Å². The molecular formula is C7H9N5. The van der Waals surface area contributed by atoms with E-state index in [1.807, 2.05) is 18.3 Å². The van der Waals surface area contributed by atoms with Crippen molar-refractivity contribution in [3.8, 4) is 0 Å². The highest BCUT2D eigenvalue weighted by Gasteiger charge is 2.06. The van der Waals surface area contributed by atoms with Gasteiger partial charge in [0.25, 0.3) is 0 Å². The fourth-order valence-corrected chi connectivity index (χ4v) is 0.963. The van der Waals surface area contributed by atoms with Crippen LogP contribution in [0, 0.1) is 0 Å². The van der Waals surface area contributed by atoms with Crippen molar-refractivity contribution in [2.45, 2.75) is 0 Å². The number of anilines is 2. The normalized spacial score (nSPS) is 14.8. The molecule has 0 fully saturated rings. The molecule has 2 heterocycles. The number of nitrogen functional groups attached to an aromatic ring is 1. The van der Waals surface area contributed by atoms with Crippen LogP contribution in [-0.2, 0) is 0 Å². The SMILES string of the molecule is Nc1cccc(N2C=CNN2)n1. The van der Waals surface area contributed by atoms with Gasteiger partial charge in [-0.1, -0.05) is 6.07 Å². The molecule has 0 spiro atoms. The third kappa shape index (κ3) is 1.17. The van der Waals surface area contributed by atoms with Gasteiger partial charge < -0.3 is 11.2 Å². The maximum atomic E-state index is 5.52. The fraction of sp³-hybridized carbons (Fsp3) is 0. The van der Waals surface area contributed by atoms with Gasteiger partial charge in [-0.2, -0.15) is 0 Å². The zero-order valence-electron chi connectivity index (χ0n) is 6.36. The van der Waals surface area contributed by atoms with Crippen molar-refractivity contribution in [2.24, 2.45) is 0 Å². The number of rotatable bonds is 1. The monoisotopic (exact) mass is 163 g/mol. The lowest BCUT2D eigenvalue weighted by atomic mass is 10.4. The van der Waals surface area contributed by atoms with E-state index in [0.29, 0.717) is 5.82 Å². The molecule has 0 atom stereocenters. The van der Waals surface area contributed by atoms with Crippen molar-refractivity contribution in [1.82, 2.24) is 15.9 Å². The molecule has 5 nitrogen and oxygen atoms in total. The average molecular weight is 163 g/mol. The highest BCUT2D eigenvalue weighted by atomic mass is 15.7. The van der Waals surface area contributed by atoms with Gasteiger partial charge in [-0.25, -0.2) is 9.99 Å². The molecule has 2 rings (SSSR count). The lowest BCUT2D eigenvalue weighted by molar-refractivity contribution is 0.674. The van der Waals surface area contributed by atoms with Crippen LogP contribution in [0.25, 0.3) is 0 Å². The molecule has 5 heteroatoms. The van der Waals surface area contributed by atoms with E-state index in [9.17, 15) is 0 Å². The third-order valence-electron chi connectivity index (χ3n) is 1.49. The van der Waals surface area contributed by atoms with E-state index >= 15 is 0 Å². The minimum atomic E-state index is 0.509. The lowest BCUT2D eigenvalue weighted by Gasteiger charge is -2.13. The van der Waals surface area contributed by atoms with E-state index in [4.69, 9.17) is 5.73 Å². The molecular weight excluding hydrogens is 154 g/mol. The second-order valence-corrected chi connectivity index (χ2v) is 2.36. The third-order valence-corrected chi connectivity index (χ3v) is 1.49. The van der Waals surface area contributed by atoms with E-state index in [1.165, 1.54) is 0 Å². The Hall–Kier alpha value is -1.75. The first-order chi connectivity index (χ1) is 5.86. The number of nitrogens with one attached hydrogen (secondary N) is 2. The maximum absolute atomic E-state index is 5.52. The zero-order valence-corrected chi connectivity index (χ0v) is 6.36. The summed E-state index contributed by atoms with van der Waals surface area (Å²) in [6, 6.07) is 5.46. The van der Waals surface area contributed by atoms with Crippen LogP contribution in [0.4, 0.5) is 11.6 Å². The topological polar surface area (TPSA) is 66.2 Å². The Morgan fingerprint density at radius 1 is 1.42 bits per heavy atom. The van der Waals surface area contributed by atoms with E-state index in [0.717, 1.165) is 5.82 Å². The second kappa shape index (κ2) is 2.71. The van der Waals surface area contributed by atoms with Crippen molar-refractivity contribution in [3.63, 3.8) is 0 Å². The van der Waals surface area contributed by atoms with Crippen LogP contribution in [0.3, 0.4) is 0 Å². The lowest BCUT2D eigenvalue weighted by Crippen LogP contribution is -2.35. The molecule has 4 N–H and O–H groups in total. The summed E-state index contributed by atoms with van der Waals surface area (Å²) in [4.78, 5) is 4.11. The summed E-state index contributed by atoms with van der Waals surface area (Å²) in [5, 5.41) is 1.73. The molecule has 0 aliphatic carbocycles. The van der Waals surface area contributed by atoms with Crippen LogP contribution in [0.2, 0.25) is 0 Å². The van der Waals surface area contributed by atoms with Gasteiger partial charge in [0.2, 0.25) is 0 Å². The Morgan fingerprint density at radius 3 is 3.00 bits per heavy atom. The van der Waals surface area contributed by atoms with Gasteiger partial charge in [-0.05, 0) is 12.1 Å². The molecule has 0 unspecified atom stereocenters. The van der Waals surface area contributed by atoms with Gasteiger partial charge in [0, 0.05) is 12.4 Å². The Labute approximate surface area is 69.8 Å². The minimum absolute atomic E-state index is 0.509. The van der Waals surface area contributed by atoms with Gasteiger partial charge >= 0.3 is 0 Å². The number of hydrazine groups is 2. The molecule has 1 aliphatic rings. The molecule has 0 radical (unpaired) electrons. The molecule has 0 saturated carbocycles. The molecule has 1 aliphatic heterocycles. The van der Waals surface area contributed by atoms with Crippen molar-refractivity contribution in [3.05, 3.63) is 30.6 Å². The summed E-state index contributed by atoms with van der Waals surface area (Å²) in [6.45, 7) is 0. The van der Waals surface area contributed by atoms with Gasteiger partial charge in [0.05, 0.1) is 0 Å². The fourth-order valence-electron chi connectivity index (χ4n) is 0.963. The van der Waals surface area contributed by atoms with Gasteiger partial charge in [-0.3, -0.25) is 0 Å². The molecule has 0 saturated heterocycles. The first-order valence-electron chi connectivity index (χ1n) is 3.56. The Balaban J connectivity index is 2.27. The van der Waals surface area contributed by atoms with Crippen LogP contribution in [0.5, 0.6) is 0 Å². The number of hydrogen-bond donors (Lipinski definition) is 3. The van der Waals surface area contributed by atoms with E-state index < -0.39 is 0 Å². The number of nitrogens with zero attached hydrogens (tertiary/aromatic N) is 2. The van der Waals surface area contributed by atoms with Gasteiger partial charge in [0.1, 0.15) is 5.82 Å². The largest absolute Gasteiger partial charge is 0.384 e. The number of aromatic nitrogens is 1. The molecule has 1 aromatic rings. The minimum Gasteiger partial charge on any atom is -0.384 e. The molecule has 62 valence electrons. The smallest absolute Gasteiger partial charge is 0.150 e. The van der Waals surface area contributed by atoms with Crippen molar-refractivity contribution in [2.75, 3.05) is 10.7 Å². The van der Waals surface area contributed by atoms with Crippen molar-refractivity contribution < 1.29 is 0 Å². The standard InChI is InChI=1S/C7H9N5/c8-6-2-1-3-7(10-6)12-5-4-9-11-12/h1-5,9,11H,(H2,8,10). The summed E-state index contributed by atoms with van der Waals surface area (Å²) < 4.78 is 0. The van der Waals surface area contributed by atoms with Crippen LogP contribution < -0.4 is 21.7 Å². The predicted molar refractivity (Wildman–Crippen MR) is 46.5 cm³/mol. The molecule has 12 heavy (non-hydrogen) atoms. The summed E-state index contributed by atoms with van der Waals surface area (Å²) in [6.07, 6.45) is 3.59.